The molecule has 4 aromatic rings. The summed E-state index contributed by atoms with van der Waals surface area (Å²) in [6.45, 7) is 0.432. The van der Waals surface area contributed by atoms with Crippen LogP contribution in [0.25, 0.3) is 11.1 Å². The molecule has 0 fully saturated rings. The molecule has 0 spiro atoms. The van der Waals surface area contributed by atoms with Crippen molar-refractivity contribution < 1.29 is 40.2 Å². The number of benzene rings is 2. The Morgan fingerprint density at radius 3 is 2.61 bits per heavy atom. The highest BCUT2D eigenvalue weighted by molar-refractivity contribution is 7.92. The molecule has 0 aliphatic rings. The fraction of sp³-hybridized carbons (Fsp3) is 0.217. The van der Waals surface area contributed by atoms with E-state index in [9.17, 15) is 35.9 Å². The molecule has 38 heavy (non-hydrogen) atoms. The van der Waals surface area contributed by atoms with E-state index >= 15 is 0 Å². The minimum absolute atomic E-state index is 0.0432. The molecule has 1 unspecified atom stereocenters. The summed E-state index contributed by atoms with van der Waals surface area (Å²) < 4.78 is 93.1. The topological polar surface area (TPSA) is 126 Å². The molecule has 9 nitrogen and oxygen atoms in total. The zero-order valence-electron chi connectivity index (χ0n) is 19.5. The van der Waals surface area contributed by atoms with Gasteiger partial charge in [0.05, 0.1) is 37.9 Å². The van der Waals surface area contributed by atoms with Crippen LogP contribution in [0.4, 0.5) is 23.2 Å². The van der Waals surface area contributed by atoms with E-state index in [1.165, 1.54) is 13.0 Å². The Morgan fingerprint density at radius 2 is 1.95 bits per heavy atom. The van der Waals surface area contributed by atoms with E-state index in [0.717, 1.165) is 37.6 Å². The number of ether oxygens (including phenoxy) is 1. The number of oxazole rings is 1. The highest BCUT2D eigenvalue weighted by Crippen LogP contribution is 2.38. The second-order valence-electron chi connectivity index (χ2n) is 8.06. The Balaban J connectivity index is 1.92. The number of anilines is 1. The van der Waals surface area contributed by atoms with Crippen LogP contribution in [-0.2, 0) is 20.9 Å². The lowest BCUT2D eigenvalue weighted by Crippen LogP contribution is -2.34. The number of hydrogen-bond acceptors (Lipinski definition) is 7. The molecule has 2 heterocycles. The number of aliphatic hydroxyl groups is 1. The molecule has 0 bridgehead atoms. The first-order valence-electron chi connectivity index (χ1n) is 10.6. The fourth-order valence-electron chi connectivity index (χ4n) is 3.83. The molecule has 0 aliphatic carbocycles. The van der Waals surface area contributed by atoms with E-state index in [1.807, 2.05) is 0 Å². The standard InChI is InChI=1S/C23H18ClF4N3O6S/c1-11-3-4-13(8-14(11)23(26,27)28)38(34,35)31(10-36-2)17-7-12(24)9-29-19(17)20(32)18-15(25)5-6-16-21(18)37-22(33)30-16/h3-9,20,32H,10H2,1-2H3,(H,30,33). The van der Waals surface area contributed by atoms with Crippen LogP contribution in [0.2, 0.25) is 5.02 Å². The third-order valence-corrected chi connectivity index (χ3v) is 7.53. The number of nitrogens with one attached hydrogen (secondary N) is 1. The Hall–Kier alpha value is -3.46. The molecule has 202 valence electrons. The first-order valence-corrected chi connectivity index (χ1v) is 12.4. The lowest BCUT2D eigenvalue weighted by Gasteiger charge is -2.27. The Kier molecular flexibility index (Phi) is 7.27. The molecule has 0 saturated carbocycles. The summed E-state index contributed by atoms with van der Waals surface area (Å²) in [6, 6.07) is 5.64. The number of aromatic amines is 1. The van der Waals surface area contributed by atoms with Gasteiger partial charge in [-0.05, 0) is 42.8 Å². The van der Waals surface area contributed by atoms with E-state index in [-0.39, 0.29) is 21.7 Å². The summed E-state index contributed by atoms with van der Waals surface area (Å²) >= 11 is 6.05. The van der Waals surface area contributed by atoms with Gasteiger partial charge in [0, 0.05) is 13.3 Å². The highest BCUT2D eigenvalue weighted by atomic mass is 35.5. The number of methoxy groups -OCH3 is 1. The summed E-state index contributed by atoms with van der Waals surface area (Å²) in [6.07, 6.45) is -5.81. The normalized spacial score (nSPS) is 13.2. The van der Waals surface area contributed by atoms with Crippen molar-refractivity contribution in [3.8, 4) is 0 Å². The number of pyridine rings is 1. The van der Waals surface area contributed by atoms with Crippen LogP contribution in [0.3, 0.4) is 0 Å². The number of halogens is 5. The summed E-state index contributed by atoms with van der Waals surface area (Å²) in [5.74, 6) is -1.95. The smallest absolute Gasteiger partial charge is 0.407 e. The number of nitrogens with zero attached hydrogens (tertiary/aromatic N) is 2. The number of rotatable bonds is 7. The maximum atomic E-state index is 14.9. The number of aromatic nitrogens is 2. The van der Waals surface area contributed by atoms with Crippen LogP contribution >= 0.6 is 11.6 Å². The Morgan fingerprint density at radius 1 is 1.24 bits per heavy atom. The van der Waals surface area contributed by atoms with Gasteiger partial charge >= 0.3 is 11.9 Å². The Bertz CT molecular complexity index is 1690. The molecule has 0 radical (unpaired) electrons. The van der Waals surface area contributed by atoms with Crippen molar-refractivity contribution in [2.24, 2.45) is 0 Å². The second-order valence-corrected chi connectivity index (χ2v) is 10.4. The zero-order valence-corrected chi connectivity index (χ0v) is 21.1. The number of hydrogen-bond donors (Lipinski definition) is 2. The van der Waals surface area contributed by atoms with Gasteiger partial charge in [-0.2, -0.15) is 13.2 Å². The summed E-state index contributed by atoms with van der Waals surface area (Å²) in [5, 5.41) is 11.0. The van der Waals surface area contributed by atoms with E-state index < -0.39 is 68.0 Å². The molecule has 0 amide bonds. The SMILES string of the molecule is COCN(c1cc(Cl)cnc1C(O)c1c(F)ccc2[nH]c(=O)oc12)S(=O)(=O)c1ccc(C)c(C(F)(F)F)c1. The molecule has 2 aromatic carbocycles. The number of sulfonamides is 1. The second kappa shape index (κ2) is 10.0. The number of fused-ring (bicyclic) bond motifs is 1. The molecule has 2 aromatic heterocycles. The van der Waals surface area contributed by atoms with Crippen LogP contribution in [0.5, 0.6) is 0 Å². The first-order chi connectivity index (χ1) is 17.8. The molecule has 1 atom stereocenters. The van der Waals surface area contributed by atoms with Crippen molar-refractivity contribution in [3.05, 3.63) is 86.4 Å². The van der Waals surface area contributed by atoms with Crippen molar-refractivity contribution >= 4 is 38.4 Å². The lowest BCUT2D eigenvalue weighted by molar-refractivity contribution is -0.138. The molecular weight excluding hydrogens is 558 g/mol. The van der Waals surface area contributed by atoms with Crippen LogP contribution < -0.4 is 10.1 Å². The van der Waals surface area contributed by atoms with E-state index in [0.29, 0.717) is 10.4 Å². The summed E-state index contributed by atoms with van der Waals surface area (Å²) in [5.41, 5.74) is -3.10. The van der Waals surface area contributed by atoms with Gasteiger partial charge in [-0.1, -0.05) is 17.7 Å². The van der Waals surface area contributed by atoms with Crippen molar-refractivity contribution in [1.82, 2.24) is 9.97 Å². The molecule has 0 saturated heterocycles. The van der Waals surface area contributed by atoms with Crippen LogP contribution in [-0.4, -0.2) is 37.3 Å². The maximum Gasteiger partial charge on any atom is 0.417 e. The van der Waals surface area contributed by atoms with Gasteiger partial charge in [0.15, 0.2) is 5.58 Å². The van der Waals surface area contributed by atoms with Crippen molar-refractivity contribution in [2.75, 3.05) is 18.1 Å². The van der Waals surface area contributed by atoms with E-state index in [4.69, 9.17) is 20.8 Å². The van der Waals surface area contributed by atoms with E-state index in [1.54, 1.807) is 0 Å². The number of H-pyrrole nitrogens is 1. The number of aliphatic hydroxyl groups excluding tert-OH is 1. The van der Waals surface area contributed by atoms with Gasteiger partial charge in [0.25, 0.3) is 10.0 Å². The van der Waals surface area contributed by atoms with Gasteiger partial charge in [0.1, 0.15) is 18.7 Å². The molecule has 2 N–H and O–H groups in total. The third kappa shape index (κ3) is 4.99. The van der Waals surface area contributed by atoms with Crippen molar-refractivity contribution in [2.45, 2.75) is 24.1 Å². The van der Waals surface area contributed by atoms with Gasteiger partial charge in [0.2, 0.25) is 0 Å². The highest BCUT2D eigenvalue weighted by Gasteiger charge is 2.36. The van der Waals surface area contributed by atoms with Gasteiger partial charge < -0.3 is 14.3 Å². The van der Waals surface area contributed by atoms with Gasteiger partial charge in [-0.15, -0.1) is 0 Å². The minimum atomic E-state index is -4.84. The van der Waals surface area contributed by atoms with Gasteiger partial charge in [-0.25, -0.2) is 21.9 Å². The lowest BCUT2D eigenvalue weighted by atomic mass is 10.0. The predicted octanol–water partition coefficient (Wildman–Crippen LogP) is 4.52. The maximum absolute atomic E-state index is 14.9. The fourth-order valence-corrected chi connectivity index (χ4v) is 5.40. The number of alkyl halides is 3. The molecular formula is C23H18ClF4N3O6S. The third-order valence-electron chi connectivity index (χ3n) is 5.59. The van der Waals surface area contributed by atoms with Crippen LogP contribution in [0.1, 0.15) is 28.5 Å². The number of aryl methyl sites for hydroxylation is 1. The van der Waals surface area contributed by atoms with E-state index in [2.05, 4.69) is 9.97 Å². The first kappa shape index (κ1) is 27.6. The monoisotopic (exact) mass is 575 g/mol. The average molecular weight is 576 g/mol. The molecule has 15 heteroatoms. The molecule has 0 aliphatic heterocycles. The van der Waals surface area contributed by atoms with Crippen LogP contribution in [0, 0.1) is 12.7 Å². The molecule has 4 rings (SSSR count). The largest absolute Gasteiger partial charge is 0.417 e. The van der Waals surface area contributed by atoms with Crippen LogP contribution in [0.15, 0.2) is 56.7 Å². The predicted molar refractivity (Wildman–Crippen MR) is 128 cm³/mol. The Labute approximate surface area is 217 Å². The zero-order chi connectivity index (χ0) is 28.0. The summed E-state index contributed by atoms with van der Waals surface area (Å²) in [4.78, 5) is 17.2. The minimum Gasteiger partial charge on any atom is -0.407 e. The van der Waals surface area contributed by atoms with Crippen molar-refractivity contribution in [3.63, 3.8) is 0 Å². The van der Waals surface area contributed by atoms with Gasteiger partial charge in [-0.3, -0.25) is 9.97 Å². The van der Waals surface area contributed by atoms with Crippen molar-refractivity contribution in [1.29, 1.82) is 0 Å². The summed E-state index contributed by atoms with van der Waals surface area (Å²) in [7, 11) is -3.67. The average Bonchev–Trinajstić information content (AvgIpc) is 3.21. The quantitative estimate of drug-likeness (QED) is 0.245.